The van der Waals surface area contributed by atoms with Crippen LogP contribution in [0.5, 0.6) is 11.5 Å². The Morgan fingerprint density at radius 2 is 2.04 bits per heavy atom. The minimum absolute atomic E-state index is 0.0590. The van der Waals surface area contributed by atoms with Crippen LogP contribution in [0.3, 0.4) is 0 Å². The summed E-state index contributed by atoms with van der Waals surface area (Å²) in [6.07, 6.45) is 2.80. The molecule has 7 heteroatoms. The van der Waals surface area contributed by atoms with Crippen LogP contribution in [0.4, 0.5) is 11.4 Å². The second kappa shape index (κ2) is 7.28. The lowest BCUT2D eigenvalue weighted by Gasteiger charge is -2.04. The molecule has 0 fully saturated rings. The minimum atomic E-state index is -0.490. The number of carbonyl (C=O) groups excluding carboxylic acids is 1. The van der Waals surface area contributed by atoms with Gasteiger partial charge >= 0.3 is 0 Å². The lowest BCUT2D eigenvalue weighted by Crippen LogP contribution is -1.97. The molecule has 2 N–H and O–H groups in total. The molecule has 0 atom stereocenters. The Balaban J connectivity index is 2.26. The molecule has 0 aliphatic rings. The van der Waals surface area contributed by atoms with Crippen LogP contribution in [0, 0.1) is 10.1 Å². The SMILES string of the molecule is CNc1ccc(C=CC(=O)c2ccc(O)c(OC)c2)cc1[N+](=O)[O-]. The first kappa shape index (κ1) is 17.0. The molecule has 2 aromatic rings. The Morgan fingerprint density at radius 1 is 1.29 bits per heavy atom. The number of carbonyl (C=O) groups is 1. The lowest BCUT2D eigenvalue weighted by atomic mass is 10.1. The molecule has 0 bridgehead atoms. The number of hydrogen-bond donors (Lipinski definition) is 2. The Kier molecular flexibility index (Phi) is 5.16. The van der Waals surface area contributed by atoms with Gasteiger partial charge in [0.2, 0.25) is 0 Å². The number of phenolic OH excluding ortho intramolecular Hbond substituents is 1. The van der Waals surface area contributed by atoms with Crippen molar-refractivity contribution in [1.29, 1.82) is 0 Å². The summed E-state index contributed by atoms with van der Waals surface area (Å²) in [4.78, 5) is 22.7. The molecule has 0 amide bonds. The number of anilines is 1. The number of methoxy groups -OCH3 is 1. The topological polar surface area (TPSA) is 102 Å². The van der Waals surface area contributed by atoms with Crippen LogP contribution >= 0.6 is 0 Å². The van der Waals surface area contributed by atoms with E-state index in [2.05, 4.69) is 5.32 Å². The number of phenols is 1. The molecular formula is C17H16N2O5. The number of ether oxygens (including phenoxy) is 1. The predicted molar refractivity (Wildman–Crippen MR) is 90.7 cm³/mol. The van der Waals surface area contributed by atoms with E-state index in [9.17, 15) is 20.0 Å². The summed E-state index contributed by atoms with van der Waals surface area (Å²) < 4.78 is 4.96. The highest BCUT2D eigenvalue weighted by atomic mass is 16.6. The Bertz CT molecular complexity index is 815. The van der Waals surface area contributed by atoms with Gasteiger partial charge in [-0.1, -0.05) is 12.1 Å². The highest BCUT2D eigenvalue weighted by Crippen LogP contribution is 2.27. The zero-order valence-electron chi connectivity index (χ0n) is 13.1. The predicted octanol–water partition coefficient (Wildman–Crippen LogP) is 3.25. The number of ketones is 1. The molecule has 7 nitrogen and oxygen atoms in total. The van der Waals surface area contributed by atoms with E-state index in [1.165, 1.54) is 43.5 Å². The van der Waals surface area contributed by atoms with Crippen molar-refractivity contribution in [3.8, 4) is 11.5 Å². The molecule has 0 aliphatic heterocycles. The highest BCUT2D eigenvalue weighted by molar-refractivity contribution is 6.07. The second-order valence-corrected chi connectivity index (χ2v) is 4.87. The van der Waals surface area contributed by atoms with Gasteiger partial charge in [0, 0.05) is 18.7 Å². The van der Waals surface area contributed by atoms with Crippen molar-refractivity contribution in [1.82, 2.24) is 0 Å². The summed E-state index contributed by atoms with van der Waals surface area (Å²) in [7, 11) is 2.99. The van der Waals surface area contributed by atoms with E-state index < -0.39 is 4.92 Å². The number of nitrogens with zero attached hydrogens (tertiary/aromatic N) is 1. The van der Waals surface area contributed by atoms with E-state index >= 15 is 0 Å². The lowest BCUT2D eigenvalue weighted by molar-refractivity contribution is -0.383. The molecule has 24 heavy (non-hydrogen) atoms. The molecule has 0 unspecified atom stereocenters. The fraction of sp³-hybridized carbons (Fsp3) is 0.118. The number of rotatable bonds is 6. The second-order valence-electron chi connectivity index (χ2n) is 4.87. The Labute approximate surface area is 138 Å². The zero-order valence-corrected chi connectivity index (χ0v) is 13.1. The van der Waals surface area contributed by atoms with Crippen LogP contribution < -0.4 is 10.1 Å². The molecule has 2 aromatic carbocycles. The van der Waals surface area contributed by atoms with Gasteiger partial charge in [0.15, 0.2) is 17.3 Å². The van der Waals surface area contributed by atoms with Gasteiger partial charge in [-0.25, -0.2) is 0 Å². The van der Waals surface area contributed by atoms with Crippen molar-refractivity contribution >= 4 is 23.2 Å². The van der Waals surface area contributed by atoms with Gasteiger partial charge in [-0.05, 0) is 35.9 Å². The molecule has 0 spiro atoms. The van der Waals surface area contributed by atoms with Crippen molar-refractivity contribution in [2.45, 2.75) is 0 Å². The third-order valence-corrected chi connectivity index (χ3v) is 3.38. The van der Waals surface area contributed by atoms with Crippen LogP contribution in [-0.2, 0) is 0 Å². The van der Waals surface area contributed by atoms with Crippen LogP contribution in [0.15, 0.2) is 42.5 Å². The quantitative estimate of drug-likeness (QED) is 0.365. The average Bonchev–Trinajstić information content (AvgIpc) is 2.59. The first-order chi connectivity index (χ1) is 11.5. The van der Waals surface area contributed by atoms with Crippen molar-refractivity contribution in [3.63, 3.8) is 0 Å². The molecule has 0 saturated heterocycles. The van der Waals surface area contributed by atoms with Crippen molar-refractivity contribution in [2.75, 3.05) is 19.5 Å². The molecule has 0 saturated carbocycles. The van der Waals surface area contributed by atoms with E-state index in [0.717, 1.165) is 0 Å². The fourth-order valence-corrected chi connectivity index (χ4v) is 2.11. The van der Waals surface area contributed by atoms with Crippen LogP contribution in [0.25, 0.3) is 6.08 Å². The smallest absolute Gasteiger partial charge is 0.292 e. The summed E-state index contributed by atoms with van der Waals surface area (Å²) in [6.45, 7) is 0. The van der Waals surface area contributed by atoms with Gasteiger partial charge in [-0.15, -0.1) is 0 Å². The standard InChI is InChI=1S/C17H16N2O5/c1-18-13-6-3-11(9-14(13)19(22)23)4-7-15(20)12-5-8-16(21)17(10-12)24-2/h3-10,18,21H,1-2H3. The first-order valence-corrected chi connectivity index (χ1v) is 7.02. The van der Waals surface area contributed by atoms with E-state index in [1.807, 2.05) is 0 Å². The minimum Gasteiger partial charge on any atom is -0.504 e. The van der Waals surface area contributed by atoms with Crippen molar-refractivity contribution in [2.24, 2.45) is 0 Å². The third-order valence-electron chi connectivity index (χ3n) is 3.38. The molecule has 0 aromatic heterocycles. The van der Waals surface area contributed by atoms with E-state index in [4.69, 9.17) is 4.74 Å². The Hall–Kier alpha value is -3.35. The molecular weight excluding hydrogens is 312 g/mol. The summed E-state index contributed by atoms with van der Waals surface area (Å²) >= 11 is 0. The summed E-state index contributed by atoms with van der Waals surface area (Å²) in [5.74, 6) is -0.173. The number of nitrogens with one attached hydrogen (secondary N) is 1. The normalized spacial score (nSPS) is 10.6. The number of nitro benzene ring substituents is 1. The van der Waals surface area contributed by atoms with Crippen LogP contribution in [-0.4, -0.2) is 30.0 Å². The molecule has 0 radical (unpaired) electrons. The highest BCUT2D eigenvalue weighted by Gasteiger charge is 2.13. The number of benzene rings is 2. The van der Waals surface area contributed by atoms with Gasteiger partial charge in [-0.3, -0.25) is 14.9 Å². The largest absolute Gasteiger partial charge is 0.504 e. The molecule has 0 heterocycles. The maximum atomic E-state index is 12.2. The zero-order chi connectivity index (χ0) is 17.7. The summed E-state index contributed by atoms with van der Waals surface area (Å²) in [5, 5.41) is 23.3. The molecule has 2 rings (SSSR count). The molecule has 124 valence electrons. The van der Waals surface area contributed by atoms with Crippen molar-refractivity contribution in [3.05, 3.63) is 63.7 Å². The maximum absolute atomic E-state index is 12.2. The summed E-state index contributed by atoms with van der Waals surface area (Å²) in [5.41, 5.74) is 1.19. The van der Waals surface area contributed by atoms with Gasteiger partial charge in [0.25, 0.3) is 5.69 Å². The first-order valence-electron chi connectivity index (χ1n) is 7.02. The number of allylic oxidation sites excluding steroid dienone is 1. The number of aromatic hydroxyl groups is 1. The monoisotopic (exact) mass is 328 g/mol. The van der Waals surface area contributed by atoms with Gasteiger partial charge in [-0.2, -0.15) is 0 Å². The average molecular weight is 328 g/mol. The van der Waals surface area contributed by atoms with Crippen molar-refractivity contribution < 1.29 is 19.6 Å². The summed E-state index contributed by atoms with van der Waals surface area (Å²) in [6, 6.07) is 8.89. The van der Waals surface area contributed by atoms with E-state index in [1.54, 1.807) is 19.2 Å². The number of nitro groups is 1. The van der Waals surface area contributed by atoms with Gasteiger partial charge in [0.1, 0.15) is 5.69 Å². The fourth-order valence-electron chi connectivity index (χ4n) is 2.11. The van der Waals surface area contributed by atoms with E-state index in [-0.39, 0.29) is 23.0 Å². The number of hydrogen-bond acceptors (Lipinski definition) is 6. The maximum Gasteiger partial charge on any atom is 0.292 e. The Morgan fingerprint density at radius 3 is 2.67 bits per heavy atom. The van der Waals surface area contributed by atoms with Crippen LogP contribution in [0.1, 0.15) is 15.9 Å². The molecule has 0 aliphatic carbocycles. The third kappa shape index (κ3) is 3.70. The van der Waals surface area contributed by atoms with Crippen LogP contribution in [0.2, 0.25) is 0 Å². The van der Waals surface area contributed by atoms with E-state index in [0.29, 0.717) is 16.8 Å². The van der Waals surface area contributed by atoms with Gasteiger partial charge < -0.3 is 15.2 Å². The van der Waals surface area contributed by atoms with Gasteiger partial charge in [0.05, 0.1) is 12.0 Å².